The Morgan fingerprint density at radius 1 is 1.33 bits per heavy atom. The number of hydrogen-bond acceptors (Lipinski definition) is 4. The molecule has 1 heterocycles. The van der Waals surface area contributed by atoms with Crippen molar-refractivity contribution >= 4 is 11.5 Å². The van der Waals surface area contributed by atoms with Crippen LogP contribution < -0.4 is 5.32 Å². The van der Waals surface area contributed by atoms with E-state index in [1.165, 1.54) is 5.01 Å². The molecule has 1 rings (SSSR count). The average Bonchev–Trinajstić information content (AvgIpc) is 2.73. The van der Waals surface area contributed by atoms with Crippen LogP contribution in [0.25, 0.3) is 0 Å². The van der Waals surface area contributed by atoms with Gasteiger partial charge in [0.2, 0.25) is 0 Å². The number of aryl methyl sites for hydroxylation is 1. The van der Waals surface area contributed by atoms with Crippen LogP contribution in [-0.2, 0) is 6.42 Å². The van der Waals surface area contributed by atoms with Crippen molar-refractivity contribution in [2.75, 3.05) is 6.54 Å². The predicted octanol–water partition coefficient (Wildman–Crippen LogP) is 2.59. The van der Waals surface area contributed by atoms with Crippen LogP contribution in [0.5, 0.6) is 0 Å². The van der Waals surface area contributed by atoms with E-state index in [0.717, 1.165) is 25.2 Å². The first-order valence-corrected chi connectivity index (χ1v) is 6.56. The standard InChI is InChI=1S/C11H21N3S/c1-5-9(12-7-3)8(4)11-13-10(6-2)14-15-11/h8-9,12H,5-7H2,1-4H3. The summed E-state index contributed by atoms with van der Waals surface area (Å²) in [4.78, 5) is 4.55. The lowest BCUT2D eigenvalue weighted by molar-refractivity contribution is 0.447. The summed E-state index contributed by atoms with van der Waals surface area (Å²) >= 11 is 1.55. The predicted molar refractivity (Wildman–Crippen MR) is 65.5 cm³/mol. The van der Waals surface area contributed by atoms with E-state index in [2.05, 4.69) is 42.4 Å². The van der Waals surface area contributed by atoms with Gasteiger partial charge in [-0.1, -0.05) is 27.7 Å². The van der Waals surface area contributed by atoms with Crippen LogP contribution in [0, 0.1) is 0 Å². The average molecular weight is 227 g/mol. The van der Waals surface area contributed by atoms with Gasteiger partial charge < -0.3 is 5.32 Å². The van der Waals surface area contributed by atoms with Crippen molar-refractivity contribution in [3.05, 3.63) is 10.8 Å². The van der Waals surface area contributed by atoms with Gasteiger partial charge in [0.15, 0.2) is 0 Å². The Morgan fingerprint density at radius 3 is 2.53 bits per heavy atom. The van der Waals surface area contributed by atoms with E-state index >= 15 is 0 Å². The van der Waals surface area contributed by atoms with E-state index in [1.807, 2.05) is 0 Å². The second-order valence-corrected chi connectivity index (χ2v) is 4.55. The highest BCUT2D eigenvalue weighted by Crippen LogP contribution is 2.22. The van der Waals surface area contributed by atoms with Crippen LogP contribution in [0.4, 0.5) is 0 Å². The first-order valence-electron chi connectivity index (χ1n) is 5.78. The molecule has 3 nitrogen and oxygen atoms in total. The van der Waals surface area contributed by atoms with Gasteiger partial charge in [-0.2, -0.15) is 4.37 Å². The first kappa shape index (κ1) is 12.6. The molecule has 0 aliphatic carbocycles. The third kappa shape index (κ3) is 3.24. The molecule has 0 spiro atoms. The molecule has 2 atom stereocenters. The summed E-state index contributed by atoms with van der Waals surface area (Å²) in [5.41, 5.74) is 0. The van der Waals surface area contributed by atoms with Crippen LogP contribution in [0.1, 0.15) is 50.9 Å². The van der Waals surface area contributed by atoms with Crippen LogP contribution in [-0.4, -0.2) is 21.9 Å². The molecule has 0 bridgehead atoms. The summed E-state index contributed by atoms with van der Waals surface area (Å²) < 4.78 is 4.34. The van der Waals surface area contributed by atoms with E-state index in [9.17, 15) is 0 Å². The molecule has 0 aliphatic heterocycles. The fourth-order valence-electron chi connectivity index (χ4n) is 1.70. The topological polar surface area (TPSA) is 37.8 Å². The molecular weight excluding hydrogens is 206 g/mol. The number of likely N-dealkylation sites (N-methyl/N-ethyl adjacent to an activating group) is 1. The van der Waals surface area contributed by atoms with E-state index in [-0.39, 0.29) is 0 Å². The third-order valence-electron chi connectivity index (χ3n) is 2.70. The Hall–Kier alpha value is -0.480. The van der Waals surface area contributed by atoms with E-state index < -0.39 is 0 Å². The monoisotopic (exact) mass is 227 g/mol. The summed E-state index contributed by atoms with van der Waals surface area (Å²) in [6.07, 6.45) is 2.07. The number of rotatable bonds is 6. The number of hydrogen-bond donors (Lipinski definition) is 1. The Morgan fingerprint density at radius 2 is 2.07 bits per heavy atom. The molecule has 1 aromatic rings. The normalized spacial score (nSPS) is 15.2. The van der Waals surface area contributed by atoms with Gasteiger partial charge in [-0.3, -0.25) is 0 Å². The van der Waals surface area contributed by atoms with Crippen LogP contribution >= 0.6 is 11.5 Å². The largest absolute Gasteiger partial charge is 0.314 e. The number of nitrogens with zero attached hydrogens (tertiary/aromatic N) is 2. The summed E-state index contributed by atoms with van der Waals surface area (Å²) in [6.45, 7) is 9.70. The van der Waals surface area contributed by atoms with Gasteiger partial charge in [-0.05, 0) is 24.5 Å². The maximum absolute atomic E-state index is 4.55. The van der Waals surface area contributed by atoms with Gasteiger partial charge in [-0.25, -0.2) is 4.98 Å². The van der Waals surface area contributed by atoms with Gasteiger partial charge in [0, 0.05) is 18.4 Å². The molecule has 86 valence electrons. The van der Waals surface area contributed by atoms with Gasteiger partial charge >= 0.3 is 0 Å². The molecule has 1 aromatic heterocycles. The molecule has 0 amide bonds. The molecule has 0 fully saturated rings. The molecule has 0 aromatic carbocycles. The molecule has 1 N–H and O–H groups in total. The maximum Gasteiger partial charge on any atom is 0.142 e. The first-order chi connectivity index (χ1) is 7.22. The molecule has 15 heavy (non-hydrogen) atoms. The van der Waals surface area contributed by atoms with Crippen molar-refractivity contribution in [1.29, 1.82) is 0 Å². The minimum Gasteiger partial charge on any atom is -0.314 e. The summed E-state index contributed by atoms with van der Waals surface area (Å²) in [5, 5.41) is 4.66. The van der Waals surface area contributed by atoms with Crippen molar-refractivity contribution in [3.8, 4) is 0 Å². The minimum atomic E-state index is 0.466. The second kappa shape index (κ2) is 6.18. The van der Waals surface area contributed by atoms with Gasteiger partial charge in [0.1, 0.15) is 10.8 Å². The lowest BCUT2D eigenvalue weighted by Gasteiger charge is -2.21. The Balaban J connectivity index is 2.68. The van der Waals surface area contributed by atoms with Crippen LogP contribution in [0.2, 0.25) is 0 Å². The Labute approximate surface area is 96.5 Å². The van der Waals surface area contributed by atoms with E-state index in [1.54, 1.807) is 11.5 Å². The molecule has 0 radical (unpaired) electrons. The third-order valence-corrected chi connectivity index (χ3v) is 3.65. The minimum absolute atomic E-state index is 0.466. The summed E-state index contributed by atoms with van der Waals surface area (Å²) in [5.74, 6) is 1.45. The van der Waals surface area contributed by atoms with Crippen molar-refractivity contribution < 1.29 is 0 Å². The quantitative estimate of drug-likeness (QED) is 0.811. The smallest absolute Gasteiger partial charge is 0.142 e. The highest BCUT2D eigenvalue weighted by molar-refractivity contribution is 7.05. The second-order valence-electron chi connectivity index (χ2n) is 3.76. The highest BCUT2D eigenvalue weighted by atomic mass is 32.1. The fraction of sp³-hybridized carbons (Fsp3) is 0.818. The number of nitrogens with one attached hydrogen (secondary N) is 1. The molecular formula is C11H21N3S. The van der Waals surface area contributed by atoms with E-state index in [0.29, 0.717) is 12.0 Å². The molecule has 2 unspecified atom stereocenters. The zero-order valence-corrected chi connectivity index (χ0v) is 10.9. The SMILES string of the molecule is CCNC(CC)C(C)c1nc(CC)ns1. The fourth-order valence-corrected chi connectivity index (χ4v) is 2.55. The lowest BCUT2D eigenvalue weighted by Crippen LogP contribution is -2.32. The van der Waals surface area contributed by atoms with Crippen molar-refractivity contribution in [2.45, 2.75) is 52.5 Å². The summed E-state index contributed by atoms with van der Waals surface area (Å²) in [7, 11) is 0. The van der Waals surface area contributed by atoms with Crippen molar-refractivity contribution in [1.82, 2.24) is 14.7 Å². The zero-order chi connectivity index (χ0) is 11.3. The van der Waals surface area contributed by atoms with Crippen molar-refractivity contribution in [2.24, 2.45) is 0 Å². The molecule has 0 saturated carbocycles. The van der Waals surface area contributed by atoms with Gasteiger partial charge in [0.25, 0.3) is 0 Å². The molecule has 0 saturated heterocycles. The zero-order valence-electron chi connectivity index (χ0n) is 10.1. The molecule has 0 aliphatic rings. The number of aromatic nitrogens is 2. The van der Waals surface area contributed by atoms with Crippen molar-refractivity contribution in [3.63, 3.8) is 0 Å². The highest BCUT2D eigenvalue weighted by Gasteiger charge is 2.19. The van der Waals surface area contributed by atoms with Gasteiger partial charge in [0.05, 0.1) is 0 Å². The Bertz CT molecular complexity index is 285. The van der Waals surface area contributed by atoms with Crippen LogP contribution in [0.3, 0.4) is 0 Å². The Kier molecular flexibility index (Phi) is 5.19. The van der Waals surface area contributed by atoms with Gasteiger partial charge in [-0.15, -0.1) is 0 Å². The molecule has 4 heteroatoms. The summed E-state index contributed by atoms with van der Waals surface area (Å²) in [6, 6.07) is 0.521. The lowest BCUT2D eigenvalue weighted by atomic mass is 10.0. The maximum atomic E-state index is 4.55. The van der Waals surface area contributed by atoms with E-state index in [4.69, 9.17) is 0 Å². The van der Waals surface area contributed by atoms with Crippen LogP contribution in [0.15, 0.2) is 0 Å².